The smallest absolute Gasteiger partial charge is 0.185 e. The zero-order valence-electron chi connectivity index (χ0n) is 20.3. The first-order valence-corrected chi connectivity index (χ1v) is 12.9. The molecule has 2 fully saturated rings. The average Bonchev–Trinajstić information content (AvgIpc) is 2.90. The molecule has 0 radical (unpaired) electrons. The molecule has 2 heterocycles. The van der Waals surface area contributed by atoms with Crippen LogP contribution in [0.5, 0.6) is 11.5 Å². The van der Waals surface area contributed by atoms with Crippen molar-refractivity contribution < 1.29 is 14.3 Å². The van der Waals surface area contributed by atoms with Gasteiger partial charge in [-0.05, 0) is 99.9 Å². The Morgan fingerprint density at radius 1 is 0.676 bits per heavy atom. The van der Waals surface area contributed by atoms with Crippen LogP contribution in [-0.4, -0.2) is 68.1 Å². The summed E-state index contributed by atoms with van der Waals surface area (Å²) in [6, 6.07) is 15.3. The van der Waals surface area contributed by atoms with Crippen LogP contribution in [0.1, 0.15) is 54.4 Å². The van der Waals surface area contributed by atoms with Gasteiger partial charge in [-0.25, -0.2) is 0 Å². The Bertz CT molecular complexity index is 896. The Morgan fingerprint density at radius 2 is 1.15 bits per heavy atom. The summed E-state index contributed by atoms with van der Waals surface area (Å²) in [4.78, 5) is 17.5. The quantitative estimate of drug-likeness (QED) is 0.334. The highest BCUT2D eigenvalue weighted by molar-refractivity contribution is 6.06. The third-order valence-electron chi connectivity index (χ3n) is 6.70. The van der Waals surface area contributed by atoms with Gasteiger partial charge in [0.15, 0.2) is 5.78 Å². The van der Waals surface area contributed by atoms with E-state index in [0.717, 1.165) is 30.2 Å². The number of hydrogen-bond acceptors (Lipinski definition) is 5. The summed E-state index contributed by atoms with van der Waals surface area (Å²) in [7, 11) is 0. The van der Waals surface area contributed by atoms with E-state index in [1.807, 2.05) is 54.6 Å². The number of ether oxygens (including phenoxy) is 2. The molecule has 182 valence electrons. The highest BCUT2D eigenvalue weighted by atomic mass is 16.5. The molecule has 5 heteroatoms. The van der Waals surface area contributed by atoms with Gasteiger partial charge in [0.2, 0.25) is 0 Å². The maximum atomic E-state index is 12.5. The van der Waals surface area contributed by atoms with Crippen LogP contribution in [0, 0.1) is 0 Å². The minimum atomic E-state index is -0.0123. The second-order valence-corrected chi connectivity index (χ2v) is 9.29. The molecule has 34 heavy (non-hydrogen) atoms. The van der Waals surface area contributed by atoms with Crippen LogP contribution in [0.2, 0.25) is 0 Å². The summed E-state index contributed by atoms with van der Waals surface area (Å²) in [5, 5.41) is 0. The second kappa shape index (κ2) is 13.3. The molecule has 0 amide bonds. The molecule has 0 unspecified atom stereocenters. The molecule has 2 saturated heterocycles. The number of carbonyl (C=O) groups is 1. The summed E-state index contributed by atoms with van der Waals surface area (Å²) < 4.78 is 11.7. The first kappa shape index (κ1) is 24.5. The van der Waals surface area contributed by atoms with Gasteiger partial charge in [-0.2, -0.15) is 0 Å². The number of ketones is 1. The van der Waals surface area contributed by atoms with Gasteiger partial charge in [0.25, 0.3) is 0 Å². The Balaban J connectivity index is 1.18. The summed E-state index contributed by atoms with van der Waals surface area (Å²) >= 11 is 0. The topological polar surface area (TPSA) is 42.0 Å². The fourth-order valence-electron chi connectivity index (χ4n) is 4.61. The van der Waals surface area contributed by atoms with Gasteiger partial charge >= 0.3 is 0 Å². The van der Waals surface area contributed by atoms with Gasteiger partial charge in [0.05, 0.1) is 0 Å². The van der Waals surface area contributed by atoms with Crippen LogP contribution in [0.4, 0.5) is 0 Å². The molecule has 2 aromatic carbocycles. The molecule has 0 N–H and O–H groups in total. The lowest BCUT2D eigenvalue weighted by Crippen LogP contribution is -2.33. The van der Waals surface area contributed by atoms with Gasteiger partial charge in [0, 0.05) is 18.7 Å². The van der Waals surface area contributed by atoms with Gasteiger partial charge in [-0.15, -0.1) is 0 Å². The van der Waals surface area contributed by atoms with Crippen molar-refractivity contribution in [2.45, 2.75) is 38.5 Å². The monoisotopic (exact) mass is 462 g/mol. The molecule has 0 bridgehead atoms. The molecule has 0 atom stereocenters. The van der Waals surface area contributed by atoms with Crippen LogP contribution in [0.3, 0.4) is 0 Å². The molecule has 0 spiro atoms. The molecule has 0 aliphatic carbocycles. The molecule has 0 aromatic heterocycles. The normalized spacial score (nSPS) is 17.6. The number of carbonyl (C=O) groups excluding carboxylic acids is 1. The lowest BCUT2D eigenvalue weighted by Gasteiger charge is -2.26. The molecular formula is C29H38N2O3. The van der Waals surface area contributed by atoms with E-state index in [4.69, 9.17) is 9.47 Å². The number of nitrogens with zero attached hydrogens (tertiary/aromatic N) is 2. The van der Waals surface area contributed by atoms with Crippen molar-refractivity contribution in [2.75, 3.05) is 52.5 Å². The van der Waals surface area contributed by atoms with Crippen molar-refractivity contribution in [2.24, 2.45) is 0 Å². The molecule has 0 saturated carbocycles. The number of piperidine rings is 2. The lowest BCUT2D eigenvalue weighted by atomic mass is 10.1. The largest absolute Gasteiger partial charge is 0.492 e. The summed E-state index contributed by atoms with van der Waals surface area (Å²) in [6.45, 7) is 8.08. The van der Waals surface area contributed by atoms with E-state index in [0.29, 0.717) is 18.8 Å². The third-order valence-corrected chi connectivity index (χ3v) is 6.70. The van der Waals surface area contributed by atoms with E-state index in [1.165, 1.54) is 64.7 Å². The number of allylic oxidation sites excluding steroid dienone is 1. The van der Waals surface area contributed by atoms with Crippen molar-refractivity contribution in [1.82, 2.24) is 9.80 Å². The standard InChI is InChI=1S/C29H38N2O3/c32-29(26-10-14-28(15-11-26)34-24-22-31-19-5-2-6-20-31)16-9-25-7-12-27(13-8-25)33-23-21-30-17-3-1-4-18-30/h7-16H,1-6,17-24H2/b16-9+. The van der Waals surface area contributed by atoms with E-state index in [1.54, 1.807) is 6.08 Å². The molecule has 5 nitrogen and oxygen atoms in total. The zero-order chi connectivity index (χ0) is 23.4. The second-order valence-electron chi connectivity index (χ2n) is 9.29. The fourth-order valence-corrected chi connectivity index (χ4v) is 4.61. The molecule has 2 aromatic rings. The Labute approximate surface area is 204 Å². The van der Waals surface area contributed by atoms with Gasteiger partial charge in [0.1, 0.15) is 24.7 Å². The summed E-state index contributed by atoms with van der Waals surface area (Å²) in [5.74, 6) is 1.67. The maximum absolute atomic E-state index is 12.5. The number of rotatable bonds is 11. The predicted octanol–water partition coefficient (Wildman–Crippen LogP) is 5.31. The van der Waals surface area contributed by atoms with E-state index >= 15 is 0 Å². The first-order chi connectivity index (χ1) is 16.8. The summed E-state index contributed by atoms with van der Waals surface area (Å²) in [6.07, 6.45) is 11.4. The van der Waals surface area contributed by atoms with E-state index in [9.17, 15) is 4.79 Å². The van der Waals surface area contributed by atoms with Crippen molar-refractivity contribution in [3.8, 4) is 11.5 Å². The van der Waals surface area contributed by atoms with E-state index < -0.39 is 0 Å². The maximum Gasteiger partial charge on any atom is 0.185 e. The number of likely N-dealkylation sites (tertiary alicyclic amines) is 2. The van der Waals surface area contributed by atoms with Gasteiger partial charge < -0.3 is 9.47 Å². The van der Waals surface area contributed by atoms with E-state index in [2.05, 4.69) is 9.80 Å². The number of benzene rings is 2. The van der Waals surface area contributed by atoms with Crippen molar-refractivity contribution in [3.63, 3.8) is 0 Å². The predicted molar refractivity (Wildman–Crippen MR) is 138 cm³/mol. The molecular weight excluding hydrogens is 424 g/mol. The Hall–Kier alpha value is -2.63. The van der Waals surface area contributed by atoms with Crippen LogP contribution in [0.25, 0.3) is 6.08 Å². The molecule has 2 aliphatic heterocycles. The molecule has 2 aliphatic rings. The highest BCUT2D eigenvalue weighted by Gasteiger charge is 2.10. The minimum absolute atomic E-state index is 0.0123. The van der Waals surface area contributed by atoms with Gasteiger partial charge in [-0.3, -0.25) is 14.6 Å². The Morgan fingerprint density at radius 3 is 1.65 bits per heavy atom. The Kier molecular flexibility index (Phi) is 9.59. The van der Waals surface area contributed by atoms with Crippen LogP contribution >= 0.6 is 0 Å². The van der Waals surface area contributed by atoms with Crippen LogP contribution in [0.15, 0.2) is 54.6 Å². The zero-order valence-corrected chi connectivity index (χ0v) is 20.3. The summed E-state index contributed by atoms with van der Waals surface area (Å²) in [5.41, 5.74) is 1.65. The average molecular weight is 463 g/mol. The lowest BCUT2D eigenvalue weighted by molar-refractivity contribution is 0.104. The van der Waals surface area contributed by atoms with E-state index in [-0.39, 0.29) is 5.78 Å². The van der Waals surface area contributed by atoms with Crippen molar-refractivity contribution >= 4 is 11.9 Å². The third kappa shape index (κ3) is 8.00. The van der Waals surface area contributed by atoms with Crippen LogP contribution < -0.4 is 9.47 Å². The highest BCUT2D eigenvalue weighted by Crippen LogP contribution is 2.16. The molecule has 4 rings (SSSR count). The van der Waals surface area contributed by atoms with Crippen LogP contribution in [-0.2, 0) is 0 Å². The number of hydrogen-bond donors (Lipinski definition) is 0. The van der Waals surface area contributed by atoms with Crippen molar-refractivity contribution in [3.05, 3.63) is 65.7 Å². The SMILES string of the molecule is O=C(/C=C/c1ccc(OCCN2CCCCC2)cc1)c1ccc(OCCN2CCCCC2)cc1. The fraction of sp³-hybridized carbons (Fsp3) is 0.483. The first-order valence-electron chi connectivity index (χ1n) is 12.9. The van der Waals surface area contributed by atoms with Crippen molar-refractivity contribution in [1.29, 1.82) is 0 Å². The minimum Gasteiger partial charge on any atom is -0.492 e. The van der Waals surface area contributed by atoms with Gasteiger partial charge in [-0.1, -0.05) is 31.1 Å².